The smallest absolute Gasteiger partial charge is 0.242 e. The van der Waals surface area contributed by atoms with Gasteiger partial charge in [-0.2, -0.15) is 0 Å². The SMILES string of the molecule is CCN1C(=O)[C@H](N)[C@H]1c1ccccc1OC. The highest BCUT2D eigenvalue weighted by atomic mass is 16.5. The summed E-state index contributed by atoms with van der Waals surface area (Å²) < 4.78 is 5.29. The molecule has 0 bridgehead atoms. The van der Waals surface area contributed by atoms with E-state index in [1.54, 1.807) is 12.0 Å². The van der Waals surface area contributed by atoms with Gasteiger partial charge in [-0.3, -0.25) is 4.79 Å². The molecule has 86 valence electrons. The number of nitrogens with zero attached hydrogens (tertiary/aromatic N) is 1. The van der Waals surface area contributed by atoms with Crippen LogP contribution < -0.4 is 10.5 Å². The molecule has 0 spiro atoms. The van der Waals surface area contributed by atoms with E-state index in [1.807, 2.05) is 31.2 Å². The van der Waals surface area contributed by atoms with Gasteiger partial charge in [-0.25, -0.2) is 0 Å². The summed E-state index contributed by atoms with van der Waals surface area (Å²) in [6.07, 6.45) is 0. The zero-order chi connectivity index (χ0) is 11.7. The number of carbonyl (C=O) groups is 1. The minimum Gasteiger partial charge on any atom is -0.496 e. The Morgan fingerprint density at radius 2 is 2.12 bits per heavy atom. The second-order valence-electron chi connectivity index (χ2n) is 3.84. The summed E-state index contributed by atoms with van der Waals surface area (Å²) in [5.41, 5.74) is 6.83. The second kappa shape index (κ2) is 4.14. The van der Waals surface area contributed by atoms with Crippen LogP contribution in [0.15, 0.2) is 24.3 Å². The zero-order valence-electron chi connectivity index (χ0n) is 9.51. The maximum atomic E-state index is 11.5. The molecular formula is C12H16N2O2. The molecule has 0 radical (unpaired) electrons. The predicted octanol–water partition coefficient (Wildman–Crippen LogP) is 0.926. The van der Waals surface area contributed by atoms with Gasteiger partial charge in [0.2, 0.25) is 5.91 Å². The van der Waals surface area contributed by atoms with E-state index in [-0.39, 0.29) is 11.9 Å². The van der Waals surface area contributed by atoms with Crippen molar-refractivity contribution in [2.24, 2.45) is 5.73 Å². The number of para-hydroxylation sites is 1. The molecule has 1 fully saturated rings. The monoisotopic (exact) mass is 220 g/mol. The Balaban J connectivity index is 2.33. The number of β-lactam (4-membered cyclic amide) rings is 1. The van der Waals surface area contributed by atoms with Crippen LogP contribution in [0, 0.1) is 0 Å². The summed E-state index contributed by atoms with van der Waals surface area (Å²) in [4.78, 5) is 13.3. The molecule has 4 nitrogen and oxygen atoms in total. The molecule has 1 amide bonds. The Hall–Kier alpha value is -1.55. The molecule has 0 aliphatic carbocycles. The molecule has 0 unspecified atom stereocenters. The van der Waals surface area contributed by atoms with Gasteiger partial charge in [0.1, 0.15) is 11.8 Å². The third-order valence-corrected chi connectivity index (χ3v) is 3.04. The fourth-order valence-corrected chi connectivity index (χ4v) is 2.20. The van der Waals surface area contributed by atoms with E-state index in [2.05, 4.69) is 0 Å². The molecule has 2 N–H and O–H groups in total. The highest BCUT2D eigenvalue weighted by Crippen LogP contribution is 2.37. The highest BCUT2D eigenvalue weighted by molar-refractivity contribution is 5.89. The van der Waals surface area contributed by atoms with Crippen molar-refractivity contribution < 1.29 is 9.53 Å². The zero-order valence-corrected chi connectivity index (χ0v) is 9.51. The molecule has 1 aliphatic heterocycles. The number of likely N-dealkylation sites (tertiary alicyclic amines) is 1. The number of likely N-dealkylation sites (N-methyl/N-ethyl adjacent to an activating group) is 1. The van der Waals surface area contributed by atoms with Gasteiger partial charge in [-0.1, -0.05) is 18.2 Å². The molecule has 1 aromatic carbocycles. The van der Waals surface area contributed by atoms with Crippen molar-refractivity contribution >= 4 is 5.91 Å². The second-order valence-corrected chi connectivity index (χ2v) is 3.84. The molecule has 2 rings (SSSR count). The van der Waals surface area contributed by atoms with Crippen molar-refractivity contribution in [2.75, 3.05) is 13.7 Å². The molecule has 1 saturated heterocycles. The molecule has 1 heterocycles. The Labute approximate surface area is 95.0 Å². The van der Waals surface area contributed by atoms with Gasteiger partial charge in [0.15, 0.2) is 0 Å². The lowest BCUT2D eigenvalue weighted by molar-refractivity contribution is -0.149. The lowest BCUT2D eigenvalue weighted by atomic mass is 9.88. The van der Waals surface area contributed by atoms with Gasteiger partial charge in [0.05, 0.1) is 13.2 Å². The maximum Gasteiger partial charge on any atom is 0.242 e. The number of benzene rings is 1. The molecule has 0 aromatic heterocycles. The average molecular weight is 220 g/mol. The molecule has 0 saturated carbocycles. The summed E-state index contributed by atoms with van der Waals surface area (Å²) in [6, 6.07) is 7.20. The Morgan fingerprint density at radius 1 is 1.44 bits per heavy atom. The first kappa shape index (κ1) is 11.0. The van der Waals surface area contributed by atoms with Crippen molar-refractivity contribution in [3.05, 3.63) is 29.8 Å². The van der Waals surface area contributed by atoms with E-state index in [0.29, 0.717) is 6.54 Å². The largest absolute Gasteiger partial charge is 0.496 e. The maximum absolute atomic E-state index is 11.5. The quantitative estimate of drug-likeness (QED) is 0.771. The third-order valence-electron chi connectivity index (χ3n) is 3.04. The number of ether oxygens (including phenoxy) is 1. The van der Waals surface area contributed by atoms with Crippen LogP contribution in [-0.2, 0) is 4.79 Å². The van der Waals surface area contributed by atoms with Crippen molar-refractivity contribution in [3.8, 4) is 5.75 Å². The van der Waals surface area contributed by atoms with Gasteiger partial charge in [-0.05, 0) is 13.0 Å². The number of rotatable bonds is 3. The first-order valence-electron chi connectivity index (χ1n) is 5.39. The number of amides is 1. The van der Waals surface area contributed by atoms with Crippen LogP contribution in [0.1, 0.15) is 18.5 Å². The minimum absolute atomic E-state index is 0.0124. The van der Waals surface area contributed by atoms with Crippen LogP contribution in [0.3, 0.4) is 0 Å². The van der Waals surface area contributed by atoms with E-state index >= 15 is 0 Å². The molecule has 1 aliphatic rings. The molecule has 2 atom stereocenters. The summed E-state index contributed by atoms with van der Waals surface area (Å²) in [7, 11) is 1.63. The summed E-state index contributed by atoms with van der Waals surface area (Å²) in [5.74, 6) is 0.798. The normalized spacial score (nSPS) is 24.2. The predicted molar refractivity (Wildman–Crippen MR) is 61.1 cm³/mol. The summed E-state index contributed by atoms with van der Waals surface area (Å²) in [6.45, 7) is 2.63. The third kappa shape index (κ3) is 1.46. The lowest BCUT2D eigenvalue weighted by Crippen LogP contribution is -2.62. The number of hydrogen-bond donors (Lipinski definition) is 1. The fourth-order valence-electron chi connectivity index (χ4n) is 2.20. The van der Waals surface area contributed by atoms with E-state index in [4.69, 9.17) is 10.5 Å². The molecular weight excluding hydrogens is 204 g/mol. The van der Waals surface area contributed by atoms with Crippen molar-refractivity contribution in [1.29, 1.82) is 0 Å². The first-order valence-corrected chi connectivity index (χ1v) is 5.39. The van der Waals surface area contributed by atoms with Crippen LogP contribution in [0.25, 0.3) is 0 Å². The average Bonchev–Trinajstić information content (AvgIpc) is 2.34. The first-order chi connectivity index (χ1) is 7.70. The Kier molecular flexibility index (Phi) is 2.83. The Morgan fingerprint density at radius 3 is 2.75 bits per heavy atom. The van der Waals surface area contributed by atoms with Crippen molar-refractivity contribution in [2.45, 2.75) is 19.0 Å². The van der Waals surface area contributed by atoms with Gasteiger partial charge < -0.3 is 15.4 Å². The van der Waals surface area contributed by atoms with Gasteiger partial charge >= 0.3 is 0 Å². The van der Waals surface area contributed by atoms with Crippen LogP contribution in [0.5, 0.6) is 5.75 Å². The van der Waals surface area contributed by atoms with E-state index in [9.17, 15) is 4.79 Å². The van der Waals surface area contributed by atoms with Crippen molar-refractivity contribution in [1.82, 2.24) is 4.90 Å². The van der Waals surface area contributed by atoms with Crippen LogP contribution >= 0.6 is 0 Å². The van der Waals surface area contributed by atoms with Gasteiger partial charge in [0.25, 0.3) is 0 Å². The lowest BCUT2D eigenvalue weighted by Gasteiger charge is -2.45. The number of methoxy groups -OCH3 is 1. The van der Waals surface area contributed by atoms with E-state index < -0.39 is 6.04 Å². The molecule has 1 aromatic rings. The van der Waals surface area contributed by atoms with Crippen molar-refractivity contribution in [3.63, 3.8) is 0 Å². The van der Waals surface area contributed by atoms with E-state index in [0.717, 1.165) is 11.3 Å². The fraction of sp³-hybridized carbons (Fsp3) is 0.417. The molecule has 4 heteroatoms. The summed E-state index contributed by atoms with van der Waals surface area (Å²) in [5, 5.41) is 0. The van der Waals surface area contributed by atoms with Gasteiger partial charge in [0, 0.05) is 12.1 Å². The summed E-state index contributed by atoms with van der Waals surface area (Å²) >= 11 is 0. The standard InChI is InChI=1S/C12H16N2O2/c1-3-14-11(10(13)12(14)15)8-6-4-5-7-9(8)16-2/h4-7,10-11H,3,13H2,1-2H3/t10-,11-/m1/s1. The topological polar surface area (TPSA) is 55.6 Å². The Bertz CT molecular complexity index is 406. The van der Waals surface area contributed by atoms with Crippen LogP contribution in [0.2, 0.25) is 0 Å². The molecule has 16 heavy (non-hydrogen) atoms. The van der Waals surface area contributed by atoms with E-state index in [1.165, 1.54) is 0 Å². The number of nitrogens with two attached hydrogens (primary N) is 1. The number of hydrogen-bond acceptors (Lipinski definition) is 3. The number of carbonyl (C=O) groups excluding carboxylic acids is 1. The van der Waals surface area contributed by atoms with Crippen LogP contribution in [0.4, 0.5) is 0 Å². The minimum atomic E-state index is -0.434. The van der Waals surface area contributed by atoms with Gasteiger partial charge in [-0.15, -0.1) is 0 Å². The van der Waals surface area contributed by atoms with Crippen LogP contribution in [-0.4, -0.2) is 30.5 Å². The highest BCUT2D eigenvalue weighted by Gasteiger charge is 2.45.